The zero-order valence-electron chi connectivity index (χ0n) is 19.0. The summed E-state index contributed by atoms with van der Waals surface area (Å²) in [5.74, 6) is -0.246. The second kappa shape index (κ2) is 10.0. The molecule has 0 unspecified atom stereocenters. The van der Waals surface area contributed by atoms with Crippen molar-refractivity contribution < 1.29 is 13.2 Å². The Hall–Kier alpha value is -3.12. The zero-order valence-corrected chi connectivity index (χ0v) is 19.8. The molecular weight excluding hydrogens is 420 g/mol. The first-order chi connectivity index (χ1) is 15.2. The molecule has 0 bridgehead atoms. The Balaban J connectivity index is 1.99. The van der Waals surface area contributed by atoms with Crippen molar-refractivity contribution in [3.8, 4) is 0 Å². The molecule has 168 valence electrons. The number of aryl methyl sites for hydroxylation is 2. The fourth-order valence-corrected chi connectivity index (χ4v) is 5.03. The monoisotopic (exact) mass is 450 g/mol. The second-order valence-corrected chi connectivity index (χ2v) is 10.0. The molecule has 32 heavy (non-hydrogen) atoms. The molecule has 3 aromatic carbocycles. The second-order valence-electron chi connectivity index (χ2n) is 8.19. The van der Waals surface area contributed by atoms with Crippen LogP contribution in [0.15, 0.2) is 78.9 Å². The Morgan fingerprint density at radius 1 is 0.844 bits per heavy atom. The van der Waals surface area contributed by atoms with Crippen LogP contribution in [0.4, 0.5) is 5.69 Å². The number of sulfonamides is 1. The van der Waals surface area contributed by atoms with Gasteiger partial charge in [0.1, 0.15) is 6.04 Å². The van der Waals surface area contributed by atoms with Crippen molar-refractivity contribution in [1.29, 1.82) is 0 Å². The van der Waals surface area contributed by atoms with Crippen LogP contribution in [-0.2, 0) is 27.9 Å². The molecule has 0 heterocycles. The van der Waals surface area contributed by atoms with E-state index in [9.17, 15) is 13.2 Å². The third-order valence-corrected chi connectivity index (χ3v) is 6.64. The van der Waals surface area contributed by atoms with Crippen LogP contribution in [0.1, 0.15) is 29.2 Å². The lowest BCUT2D eigenvalue weighted by Crippen LogP contribution is -2.49. The van der Waals surface area contributed by atoms with Gasteiger partial charge in [0, 0.05) is 13.1 Å². The van der Waals surface area contributed by atoms with E-state index >= 15 is 0 Å². The van der Waals surface area contributed by atoms with Crippen molar-refractivity contribution >= 4 is 21.6 Å². The molecule has 1 atom stereocenters. The minimum absolute atomic E-state index is 0.246. The number of rotatable bonds is 8. The average Bonchev–Trinajstić information content (AvgIpc) is 2.76. The molecule has 3 aromatic rings. The lowest BCUT2D eigenvalue weighted by molar-refractivity contribution is -0.133. The first kappa shape index (κ1) is 23.5. The largest absolute Gasteiger partial charge is 0.332 e. The summed E-state index contributed by atoms with van der Waals surface area (Å²) in [6.07, 6.45) is 1.15. The number of hydrogen-bond acceptors (Lipinski definition) is 3. The van der Waals surface area contributed by atoms with E-state index in [0.717, 1.165) is 28.5 Å². The maximum atomic E-state index is 13.7. The minimum Gasteiger partial charge on any atom is -0.332 e. The van der Waals surface area contributed by atoms with Crippen LogP contribution >= 0.6 is 0 Å². The summed E-state index contributed by atoms with van der Waals surface area (Å²) < 4.78 is 26.9. The molecule has 0 saturated carbocycles. The van der Waals surface area contributed by atoms with Crippen LogP contribution in [0, 0.1) is 13.8 Å². The van der Waals surface area contributed by atoms with Crippen molar-refractivity contribution in [2.24, 2.45) is 0 Å². The van der Waals surface area contributed by atoms with Gasteiger partial charge in [-0.1, -0.05) is 72.8 Å². The molecule has 0 aliphatic heterocycles. The lowest BCUT2D eigenvalue weighted by atomic mass is 10.1. The van der Waals surface area contributed by atoms with Gasteiger partial charge in [-0.3, -0.25) is 9.10 Å². The van der Waals surface area contributed by atoms with E-state index in [1.807, 2.05) is 92.7 Å². The van der Waals surface area contributed by atoms with E-state index in [4.69, 9.17) is 0 Å². The maximum absolute atomic E-state index is 13.7. The van der Waals surface area contributed by atoms with E-state index in [-0.39, 0.29) is 5.91 Å². The van der Waals surface area contributed by atoms with Crippen LogP contribution in [0.2, 0.25) is 0 Å². The van der Waals surface area contributed by atoms with Crippen LogP contribution < -0.4 is 4.31 Å². The number of benzene rings is 3. The van der Waals surface area contributed by atoms with Gasteiger partial charge in [0.05, 0.1) is 11.9 Å². The van der Waals surface area contributed by atoms with E-state index < -0.39 is 16.1 Å². The van der Waals surface area contributed by atoms with Gasteiger partial charge in [-0.05, 0) is 49.1 Å². The average molecular weight is 451 g/mol. The summed E-state index contributed by atoms with van der Waals surface area (Å²) in [6, 6.07) is 24.2. The van der Waals surface area contributed by atoms with Crippen LogP contribution in [0.5, 0.6) is 0 Å². The van der Waals surface area contributed by atoms with E-state index in [2.05, 4.69) is 0 Å². The summed E-state index contributed by atoms with van der Waals surface area (Å²) >= 11 is 0. The number of carbonyl (C=O) groups excluding carboxylic acids is 1. The molecule has 0 aromatic heterocycles. The minimum atomic E-state index is -3.69. The Kier molecular flexibility index (Phi) is 7.36. The van der Waals surface area contributed by atoms with E-state index in [0.29, 0.717) is 18.8 Å². The lowest BCUT2D eigenvalue weighted by Gasteiger charge is -2.34. The van der Waals surface area contributed by atoms with Gasteiger partial charge in [0.25, 0.3) is 0 Å². The van der Waals surface area contributed by atoms with Gasteiger partial charge >= 0.3 is 0 Å². The number of amides is 1. The van der Waals surface area contributed by atoms with Crippen LogP contribution in [0.25, 0.3) is 0 Å². The molecule has 3 rings (SSSR count). The van der Waals surface area contributed by atoms with E-state index in [1.54, 1.807) is 11.8 Å². The number of carbonyl (C=O) groups is 1. The van der Waals surface area contributed by atoms with Crippen molar-refractivity contribution in [3.05, 3.63) is 101 Å². The highest BCUT2D eigenvalue weighted by atomic mass is 32.2. The molecule has 5 nitrogen and oxygen atoms in total. The number of anilines is 1. The smallest absolute Gasteiger partial charge is 0.246 e. The predicted octanol–water partition coefficient (Wildman–Crippen LogP) is 4.69. The number of hydrogen-bond donors (Lipinski definition) is 0. The van der Waals surface area contributed by atoms with Crippen LogP contribution in [-0.4, -0.2) is 31.5 Å². The molecule has 0 fully saturated rings. The van der Waals surface area contributed by atoms with Gasteiger partial charge in [-0.15, -0.1) is 0 Å². The highest BCUT2D eigenvalue weighted by molar-refractivity contribution is 7.92. The topological polar surface area (TPSA) is 57.7 Å². The normalized spacial score (nSPS) is 12.2. The Morgan fingerprint density at radius 3 is 1.81 bits per heavy atom. The fourth-order valence-electron chi connectivity index (χ4n) is 3.82. The first-order valence-corrected chi connectivity index (χ1v) is 12.4. The number of nitrogens with zero attached hydrogens (tertiary/aromatic N) is 2. The van der Waals surface area contributed by atoms with Gasteiger partial charge in [0.15, 0.2) is 0 Å². The van der Waals surface area contributed by atoms with Crippen molar-refractivity contribution in [2.75, 3.05) is 10.6 Å². The summed E-state index contributed by atoms with van der Waals surface area (Å²) in [5.41, 5.74) is 4.25. The molecule has 0 saturated heterocycles. The quantitative estimate of drug-likeness (QED) is 0.500. The highest BCUT2D eigenvalue weighted by Gasteiger charge is 2.33. The van der Waals surface area contributed by atoms with Gasteiger partial charge in [-0.25, -0.2) is 8.42 Å². The van der Waals surface area contributed by atoms with Crippen LogP contribution in [0.3, 0.4) is 0 Å². The Morgan fingerprint density at radius 2 is 1.34 bits per heavy atom. The molecule has 0 aliphatic carbocycles. The molecule has 0 radical (unpaired) electrons. The molecule has 0 N–H and O–H groups in total. The Bertz CT molecular complexity index is 1120. The highest BCUT2D eigenvalue weighted by Crippen LogP contribution is 2.27. The SMILES string of the molecule is Cc1ccc(C)c(N([C@H](C)C(=O)N(Cc2ccccc2)Cc2ccccc2)S(C)(=O)=O)c1. The third-order valence-electron chi connectivity index (χ3n) is 5.41. The first-order valence-electron chi connectivity index (χ1n) is 10.6. The summed E-state index contributed by atoms with van der Waals surface area (Å²) in [5, 5.41) is 0. The van der Waals surface area contributed by atoms with Crippen molar-refractivity contribution in [1.82, 2.24) is 4.90 Å². The standard InChI is InChI=1S/C26H30N2O3S/c1-20-15-16-21(2)25(17-20)28(32(4,30)31)22(3)26(29)27(18-23-11-7-5-8-12-23)19-24-13-9-6-10-14-24/h5-17,22H,18-19H2,1-4H3/t22-/m1/s1. The van der Waals surface area contributed by atoms with Crippen molar-refractivity contribution in [2.45, 2.75) is 39.9 Å². The molecule has 0 aliphatic rings. The molecule has 1 amide bonds. The summed E-state index contributed by atoms with van der Waals surface area (Å²) in [4.78, 5) is 15.5. The molecule has 0 spiro atoms. The molecule has 6 heteroatoms. The fraction of sp³-hybridized carbons (Fsp3) is 0.269. The van der Waals surface area contributed by atoms with E-state index in [1.165, 1.54) is 4.31 Å². The molecular formula is C26H30N2O3S. The van der Waals surface area contributed by atoms with Crippen molar-refractivity contribution in [3.63, 3.8) is 0 Å². The summed E-state index contributed by atoms with van der Waals surface area (Å²) in [7, 11) is -3.69. The van der Waals surface area contributed by atoms with Gasteiger partial charge < -0.3 is 4.90 Å². The third kappa shape index (κ3) is 5.77. The maximum Gasteiger partial charge on any atom is 0.246 e. The Labute approximate surface area is 191 Å². The summed E-state index contributed by atoms with van der Waals surface area (Å²) in [6.45, 7) is 6.21. The van der Waals surface area contributed by atoms with Gasteiger partial charge in [-0.2, -0.15) is 0 Å². The predicted molar refractivity (Wildman–Crippen MR) is 130 cm³/mol. The zero-order chi connectivity index (χ0) is 23.3. The van der Waals surface area contributed by atoms with Gasteiger partial charge in [0.2, 0.25) is 15.9 Å².